The van der Waals surface area contributed by atoms with Crippen molar-refractivity contribution in [3.8, 4) is 0 Å². The van der Waals surface area contributed by atoms with Crippen molar-refractivity contribution in [1.82, 2.24) is 19.8 Å². The monoisotopic (exact) mass is 404 g/mol. The number of nitrogens with one attached hydrogen (secondary N) is 1. The average molecular weight is 404 g/mol. The number of nitrogens with zero attached hydrogens (tertiary/aromatic N) is 3. The lowest BCUT2D eigenvalue weighted by molar-refractivity contribution is -0.141. The van der Waals surface area contributed by atoms with E-state index in [0.717, 1.165) is 4.57 Å². The van der Waals surface area contributed by atoms with Crippen LogP contribution in [0.2, 0.25) is 0 Å². The summed E-state index contributed by atoms with van der Waals surface area (Å²) in [5, 5.41) is 1.91. The van der Waals surface area contributed by atoms with Crippen LogP contribution in [0, 0.1) is 5.92 Å². The Labute approximate surface area is 158 Å². The highest BCUT2D eigenvalue weighted by molar-refractivity contribution is 5.78. The highest BCUT2D eigenvalue weighted by Crippen LogP contribution is 2.31. The minimum Gasteiger partial charge on any atom is -0.347 e. The zero-order valence-corrected chi connectivity index (χ0v) is 15.2. The molecular weight excluding hydrogens is 383 g/mol. The number of hydrogen-bond donors (Lipinski definition) is 1. The molecule has 1 saturated heterocycles. The summed E-state index contributed by atoms with van der Waals surface area (Å²) in [4.78, 5) is 18.2. The van der Waals surface area contributed by atoms with Gasteiger partial charge in [0.15, 0.2) is 0 Å². The third-order valence-electron chi connectivity index (χ3n) is 5.10. The topological polar surface area (TPSA) is 50.2 Å². The number of benzene rings is 1. The first kappa shape index (κ1) is 20.5. The van der Waals surface area contributed by atoms with Gasteiger partial charge in [-0.05, 0) is 45.0 Å². The number of piperidine rings is 1. The Hall–Kier alpha value is -2.23. The summed E-state index contributed by atoms with van der Waals surface area (Å²) in [7, 11) is 0. The molecule has 5 nitrogen and oxygen atoms in total. The summed E-state index contributed by atoms with van der Waals surface area (Å²) in [6, 6.07) is 6.23. The van der Waals surface area contributed by atoms with E-state index >= 15 is 0 Å². The van der Waals surface area contributed by atoms with Crippen molar-refractivity contribution in [2.24, 2.45) is 5.92 Å². The van der Waals surface area contributed by atoms with E-state index in [4.69, 9.17) is 0 Å². The number of likely N-dealkylation sites (tertiary alicyclic amines) is 1. The quantitative estimate of drug-likeness (QED) is 0.770. The van der Waals surface area contributed by atoms with Gasteiger partial charge in [-0.15, -0.1) is 0 Å². The van der Waals surface area contributed by atoms with Crippen molar-refractivity contribution in [2.75, 3.05) is 19.6 Å². The summed E-state index contributed by atoms with van der Waals surface area (Å²) >= 11 is 0. The van der Waals surface area contributed by atoms with Crippen LogP contribution in [0.25, 0.3) is 11.0 Å². The van der Waals surface area contributed by atoms with Gasteiger partial charge in [0.1, 0.15) is 12.4 Å². The zero-order valence-electron chi connectivity index (χ0n) is 15.2. The highest BCUT2D eigenvalue weighted by atomic mass is 19.4. The molecule has 0 bridgehead atoms. The molecule has 2 aromatic rings. The molecule has 1 atom stereocenters. The van der Waals surface area contributed by atoms with Crippen LogP contribution in [0.1, 0.15) is 38.2 Å². The fraction of sp³-hybridized carbons (Fsp3) is 0.556. The lowest BCUT2D eigenvalue weighted by Crippen LogP contribution is -2.43. The van der Waals surface area contributed by atoms with Crippen LogP contribution < -0.4 is 5.32 Å². The number of para-hydroxylation sites is 2. The molecule has 1 fully saturated rings. The molecule has 1 aromatic carbocycles. The number of halogens is 5. The predicted octanol–water partition coefficient (Wildman–Crippen LogP) is 3.88. The molecule has 0 aliphatic carbocycles. The van der Waals surface area contributed by atoms with Crippen molar-refractivity contribution in [2.45, 2.75) is 38.5 Å². The Morgan fingerprint density at radius 2 is 1.89 bits per heavy atom. The number of imidazole rings is 1. The third kappa shape index (κ3) is 4.43. The van der Waals surface area contributed by atoms with Crippen LogP contribution in [0.3, 0.4) is 0 Å². The van der Waals surface area contributed by atoms with Gasteiger partial charge in [-0.1, -0.05) is 12.1 Å². The van der Waals surface area contributed by atoms with Crippen LogP contribution in [0.4, 0.5) is 22.0 Å². The molecule has 154 valence electrons. The molecule has 1 amide bonds. The fourth-order valence-corrected chi connectivity index (χ4v) is 3.61. The smallest absolute Gasteiger partial charge is 0.347 e. The van der Waals surface area contributed by atoms with Gasteiger partial charge in [0.05, 0.1) is 17.1 Å². The van der Waals surface area contributed by atoms with Gasteiger partial charge in [-0.3, -0.25) is 14.3 Å². The van der Waals surface area contributed by atoms with E-state index in [1.165, 1.54) is 0 Å². The SMILES string of the molecule is CC(c1nc2ccccc2n1C(F)F)N1CCC(C(=O)NCC(F)(F)F)CC1. The Morgan fingerprint density at radius 1 is 1.25 bits per heavy atom. The molecule has 2 heterocycles. The van der Waals surface area contributed by atoms with Crippen molar-refractivity contribution in [3.05, 3.63) is 30.1 Å². The normalized spacial score (nSPS) is 18.0. The molecule has 28 heavy (non-hydrogen) atoms. The van der Waals surface area contributed by atoms with Gasteiger partial charge in [-0.2, -0.15) is 22.0 Å². The van der Waals surface area contributed by atoms with Gasteiger partial charge in [0.2, 0.25) is 5.91 Å². The minimum absolute atomic E-state index is 0.233. The Kier molecular flexibility index (Phi) is 5.87. The molecule has 1 aliphatic heterocycles. The van der Waals surface area contributed by atoms with Gasteiger partial charge < -0.3 is 5.32 Å². The second kappa shape index (κ2) is 8.02. The second-order valence-electron chi connectivity index (χ2n) is 6.93. The van der Waals surface area contributed by atoms with E-state index in [1.54, 1.807) is 31.2 Å². The summed E-state index contributed by atoms with van der Waals surface area (Å²) in [5.41, 5.74) is 0.826. The molecule has 10 heteroatoms. The van der Waals surface area contributed by atoms with Crippen LogP contribution in [-0.4, -0.2) is 46.2 Å². The van der Waals surface area contributed by atoms with E-state index in [-0.39, 0.29) is 5.82 Å². The number of rotatable bonds is 5. The first-order valence-corrected chi connectivity index (χ1v) is 9.01. The van der Waals surface area contributed by atoms with E-state index in [0.29, 0.717) is 37.0 Å². The van der Waals surface area contributed by atoms with E-state index < -0.39 is 37.1 Å². The van der Waals surface area contributed by atoms with Crippen molar-refractivity contribution >= 4 is 16.9 Å². The molecular formula is C18H21F5N4O. The van der Waals surface area contributed by atoms with E-state index in [2.05, 4.69) is 4.98 Å². The summed E-state index contributed by atoms with van der Waals surface area (Å²) in [6.07, 6.45) is -3.72. The summed E-state index contributed by atoms with van der Waals surface area (Å²) in [5.74, 6) is -0.902. The standard InChI is InChI=1S/C18H21F5N4O/c1-11(15-25-13-4-2-3-5-14(13)27(15)17(19)20)26-8-6-12(7-9-26)16(28)24-10-18(21,22)23/h2-5,11-12,17H,6-10H2,1H3,(H,24,28). The van der Waals surface area contributed by atoms with Crippen molar-refractivity contribution in [1.29, 1.82) is 0 Å². The molecule has 3 rings (SSSR count). The molecule has 1 aliphatic rings. The Bertz CT molecular complexity index is 827. The van der Waals surface area contributed by atoms with Gasteiger partial charge in [0.25, 0.3) is 0 Å². The third-order valence-corrected chi connectivity index (χ3v) is 5.10. The number of aromatic nitrogens is 2. The fourth-order valence-electron chi connectivity index (χ4n) is 3.61. The second-order valence-corrected chi connectivity index (χ2v) is 6.93. The number of amides is 1. The molecule has 1 unspecified atom stereocenters. The van der Waals surface area contributed by atoms with Crippen LogP contribution in [0.15, 0.2) is 24.3 Å². The lowest BCUT2D eigenvalue weighted by Gasteiger charge is -2.35. The maximum Gasteiger partial charge on any atom is 0.405 e. The number of carbonyl (C=O) groups excluding carboxylic acids is 1. The number of fused-ring (bicyclic) bond motifs is 1. The highest BCUT2D eigenvalue weighted by Gasteiger charge is 2.33. The predicted molar refractivity (Wildman–Crippen MR) is 92.8 cm³/mol. The average Bonchev–Trinajstić information content (AvgIpc) is 3.05. The maximum atomic E-state index is 13.6. The molecule has 0 spiro atoms. The molecule has 0 saturated carbocycles. The number of alkyl halides is 5. The Morgan fingerprint density at radius 3 is 2.50 bits per heavy atom. The first-order chi connectivity index (χ1) is 13.2. The van der Waals surface area contributed by atoms with Gasteiger partial charge in [0, 0.05) is 5.92 Å². The molecule has 0 radical (unpaired) electrons. The zero-order chi connectivity index (χ0) is 20.5. The molecule has 1 aromatic heterocycles. The summed E-state index contributed by atoms with van der Waals surface area (Å²) < 4.78 is 64.9. The first-order valence-electron chi connectivity index (χ1n) is 9.01. The van der Waals surface area contributed by atoms with E-state index in [1.807, 2.05) is 10.2 Å². The summed E-state index contributed by atoms with van der Waals surface area (Å²) in [6.45, 7) is -1.49. The van der Waals surface area contributed by atoms with Crippen molar-refractivity contribution in [3.63, 3.8) is 0 Å². The minimum atomic E-state index is -4.45. The Balaban J connectivity index is 1.67. The lowest BCUT2D eigenvalue weighted by atomic mass is 9.95. The van der Waals surface area contributed by atoms with Gasteiger partial charge in [-0.25, -0.2) is 4.98 Å². The number of hydrogen-bond acceptors (Lipinski definition) is 3. The number of carbonyl (C=O) groups is 1. The maximum absolute atomic E-state index is 13.6. The van der Waals surface area contributed by atoms with E-state index in [9.17, 15) is 26.7 Å². The van der Waals surface area contributed by atoms with Crippen LogP contribution in [0.5, 0.6) is 0 Å². The molecule has 1 N–H and O–H groups in total. The van der Waals surface area contributed by atoms with Crippen LogP contribution >= 0.6 is 0 Å². The van der Waals surface area contributed by atoms with Crippen molar-refractivity contribution < 1.29 is 26.7 Å². The van der Waals surface area contributed by atoms with Crippen LogP contribution in [-0.2, 0) is 4.79 Å². The largest absolute Gasteiger partial charge is 0.405 e. The van der Waals surface area contributed by atoms with Gasteiger partial charge >= 0.3 is 12.7 Å².